The van der Waals surface area contributed by atoms with E-state index >= 15 is 0 Å². The molecule has 0 aromatic rings. The molecular weight excluding hydrogens is 709 g/mol. The van der Waals surface area contributed by atoms with E-state index in [-0.39, 0.29) is 17.4 Å². The van der Waals surface area contributed by atoms with Crippen LogP contribution < -0.4 is 5.32 Å². The van der Waals surface area contributed by atoms with Crippen LogP contribution in [-0.4, -0.2) is 35.3 Å². The predicted molar refractivity (Wildman–Crippen MR) is 228 cm³/mol. The molecule has 1 rings (SSSR count). The molecule has 0 aromatic carbocycles. The maximum absolute atomic E-state index is 11.1. The lowest BCUT2D eigenvalue weighted by molar-refractivity contribution is -0.136. The Kier molecular flexibility index (Phi) is 29.9. The molecule has 1 aliphatic rings. The lowest BCUT2D eigenvalue weighted by Crippen LogP contribution is -2.43. The van der Waals surface area contributed by atoms with E-state index < -0.39 is 0 Å². The minimum Gasteiger partial charge on any atom is -0.310 e. The fourth-order valence-corrected chi connectivity index (χ4v) is 2.51. The second kappa shape index (κ2) is 36.4. The first-order valence-corrected chi connectivity index (χ1v) is 15.9. The highest BCUT2D eigenvalue weighted by Crippen LogP contribution is 2.03. The van der Waals surface area contributed by atoms with Crippen LogP contribution in [-0.2, 0) is 9.59 Å². The number of nitrogens with zero attached hydrogens (tertiary/aromatic N) is 1. The molecule has 0 radical (unpaired) electrons. The van der Waals surface area contributed by atoms with E-state index in [9.17, 15) is 9.59 Å². The molecule has 58 heavy (non-hydrogen) atoms. The Balaban J connectivity index is 0.00000193. The van der Waals surface area contributed by atoms with Gasteiger partial charge in [0.1, 0.15) is 0 Å². The predicted octanol–water partition coefficient (Wildman–Crippen LogP) is 1.40. The van der Waals surface area contributed by atoms with Crippen molar-refractivity contribution in [2.45, 2.75) is 40.2 Å². The molecule has 0 fully saturated rings. The third-order valence-electron chi connectivity index (χ3n) is 4.58. The van der Waals surface area contributed by atoms with Crippen LogP contribution in [0, 0.1) is 249 Å². The first kappa shape index (κ1) is 47.6. The van der Waals surface area contributed by atoms with Gasteiger partial charge in [-0.2, -0.15) is 0 Å². The van der Waals surface area contributed by atoms with Crippen LogP contribution in [0.3, 0.4) is 0 Å². The number of amides is 2. The topological polar surface area (TPSA) is 49.4 Å². The number of hydrogen-bond donors (Lipinski definition) is 1. The molecule has 1 N–H and O–H groups in total. The zero-order valence-electron chi connectivity index (χ0n) is 31.8. The molecule has 1 heterocycles. The molecule has 4 nitrogen and oxygen atoms in total. The molecule has 0 bridgehead atoms. The summed E-state index contributed by atoms with van der Waals surface area (Å²) in [5, 5.41) is 3.22. The largest absolute Gasteiger partial charge is 0.310 e. The van der Waals surface area contributed by atoms with Crippen molar-refractivity contribution >= 4 is 11.8 Å². The van der Waals surface area contributed by atoms with E-state index in [1.807, 2.05) is 20.8 Å². The lowest BCUT2D eigenvalue weighted by Gasteiger charge is -2.22. The van der Waals surface area contributed by atoms with Gasteiger partial charge in [-0.05, 0) is 129 Å². The van der Waals surface area contributed by atoms with Crippen molar-refractivity contribution in [3.8, 4) is 249 Å². The quantitative estimate of drug-likeness (QED) is 0.354. The molecule has 0 unspecified atom stereocenters. The molecule has 260 valence electrons. The molecule has 0 aliphatic carbocycles. The van der Waals surface area contributed by atoms with Crippen LogP contribution in [0.5, 0.6) is 0 Å². The van der Waals surface area contributed by atoms with Gasteiger partial charge < -0.3 is 5.32 Å². The highest BCUT2D eigenvalue weighted by atomic mass is 16.2. The number of imide groups is 1. The fraction of sp³-hybridized carbons (Fsp3) is 0.148. The lowest BCUT2D eigenvalue weighted by atomic mass is 10.1. The first-order chi connectivity index (χ1) is 28.3. The molecule has 0 spiro atoms. The highest BCUT2D eigenvalue weighted by molar-refractivity contribution is 6.12. The van der Waals surface area contributed by atoms with Gasteiger partial charge in [0.2, 0.25) is 0 Å². The maximum Gasteiger partial charge on any atom is 0.253 e. The molecule has 2 amide bonds. The zero-order valence-corrected chi connectivity index (χ0v) is 31.8. The molecule has 0 aromatic heterocycles. The van der Waals surface area contributed by atoms with Crippen molar-refractivity contribution in [3.05, 3.63) is 12.2 Å². The summed E-state index contributed by atoms with van der Waals surface area (Å²) < 4.78 is 0. The van der Waals surface area contributed by atoms with Gasteiger partial charge in [-0.1, -0.05) is 11.8 Å². The van der Waals surface area contributed by atoms with Crippen molar-refractivity contribution in [2.75, 3.05) is 13.1 Å². The highest BCUT2D eigenvalue weighted by Gasteiger charge is 2.22. The normalized spacial score (nSPS) is 7.09. The summed E-state index contributed by atoms with van der Waals surface area (Å²) in [5.74, 6) is 105. The summed E-state index contributed by atoms with van der Waals surface area (Å²) in [6.07, 6.45) is 2.61. The number of nitrogens with one attached hydrogen (secondary N) is 1. The Morgan fingerprint density at radius 1 is 0.362 bits per heavy atom. The van der Waals surface area contributed by atoms with Gasteiger partial charge in [0, 0.05) is 173 Å². The maximum atomic E-state index is 11.1. The molecule has 0 saturated heterocycles. The minimum atomic E-state index is -0.217. The van der Waals surface area contributed by atoms with Crippen molar-refractivity contribution < 1.29 is 9.59 Å². The third kappa shape index (κ3) is 35.4. The van der Waals surface area contributed by atoms with Crippen LogP contribution in [0.15, 0.2) is 12.2 Å². The second-order valence-electron chi connectivity index (χ2n) is 9.84. The molecule has 0 saturated carbocycles. The zero-order chi connectivity index (χ0) is 42.5. The van der Waals surface area contributed by atoms with Crippen LogP contribution in [0.25, 0.3) is 0 Å². The van der Waals surface area contributed by atoms with Gasteiger partial charge in [-0.15, -0.1) is 0 Å². The SMILES string of the molecule is CC#CC#CC#CC#CC#CC#CC#CC#CC#CC#CC#CC#CC#CC#CC#CC#CC#CC#CC#CC#CC#CC.CC(C)(C)NCCN1C(=O)C=CC1=O. The van der Waals surface area contributed by atoms with Crippen molar-refractivity contribution in [1.29, 1.82) is 0 Å². The average Bonchev–Trinajstić information content (AvgIpc) is 3.52. The van der Waals surface area contributed by atoms with Crippen LogP contribution in [0.4, 0.5) is 0 Å². The summed E-state index contributed by atoms with van der Waals surface area (Å²) in [5.41, 5.74) is 0.0131. The summed E-state index contributed by atoms with van der Waals surface area (Å²) in [7, 11) is 0. The summed E-state index contributed by atoms with van der Waals surface area (Å²) in [4.78, 5) is 23.5. The minimum absolute atomic E-state index is 0.0131. The van der Waals surface area contributed by atoms with E-state index in [0.717, 1.165) is 0 Å². The van der Waals surface area contributed by atoms with Gasteiger partial charge >= 0.3 is 0 Å². The van der Waals surface area contributed by atoms with Crippen molar-refractivity contribution in [2.24, 2.45) is 0 Å². The number of rotatable bonds is 3. The Bertz CT molecular complexity index is 2890. The summed E-state index contributed by atoms with van der Waals surface area (Å²) in [6, 6.07) is 0. The average molecular weight is 731 g/mol. The van der Waals surface area contributed by atoms with Gasteiger partial charge in [0.05, 0.1) is 0 Å². The first-order valence-electron chi connectivity index (χ1n) is 15.9. The Morgan fingerprint density at radius 2 is 0.534 bits per heavy atom. The van der Waals surface area contributed by atoms with Crippen molar-refractivity contribution in [1.82, 2.24) is 10.2 Å². The van der Waals surface area contributed by atoms with Crippen LogP contribution >= 0.6 is 0 Å². The van der Waals surface area contributed by atoms with E-state index in [2.05, 4.69) is 254 Å². The van der Waals surface area contributed by atoms with Gasteiger partial charge in [-0.25, -0.2) is 0 Å². The van der Waals surface area contributed by atoms with Gasteiger partial charge in [0.15, 0.2) is 0 Å². The van der Waals surface area contributed by atoms with E-state index in [1.54, 1.807) is 13.8 Å². The molecular formula is C54H22N2O2. The second-order valence-corrected chi connectivity index (χ2v) is 9.84. The number of carbonyl (C=O) groups is 2. The summed E-state index contributed by atoms with van der Waals surface area (Å²) >= 11 is 0. The fourth-order valence-electron chi connectivity index (χ4n) is 2.51. The Labute approximate surface area is 344 Å². The molecule has 0 atom stereocenters. The monoisotopic (exact) mass is 730 g/mol. The molecule has 4 heteroatoms. The Morgan fingerprint density at radius 3 is 0.690 bits per heavy atom. The van der Waals surface area contributed by atoms with Crippen LogP contribution in [0.1, 0.15) is 34.6 Å². The smallest absolute Gasteiger partial charge is 0.253 e. The van der Waals surface area contributed by atoms with E-state index in [4.69, 9.17) is 0 Å². The third-order valence-corrected chi connectivity index (χ3v) is 4.58. The Hall–Kier alpha value is -10.4. The molecule has 1 aliphatic heterocycles. The summed E-state index contributed by atoms with van der Waals surface area (Å²) in [6.45, 7) is 10.6. The van der Waals surface area contributed by atoms with Gasteiger partial charge in [-0.3, -0.25) is 14.5 Å². The van der Waals surface area contributed by atoms with Crippen molar-refractivity contribution in [3.63, 3.8) is 0 Å². The van der Waals surface area contributed by atoms with E-state index in [0.29, 0.717) is 13.1 Å². The number of hydrogen-bond acceptors (Lipinski definition) is 3. The van der Waals surface area contributed by atoms with Gasteiger partial charge in [0.25, 0.3) is 11.8 Å². The van der Waals surface area contributed by atoms with E-state index in [1.165, 1.54) is 17.1 Å². The van der Waals surface area contributed by atoms with Crippen LogP contribution in [0.2, 0.25) is 0 Å². The standard InChI is InChI=1S/C44H6.C10H16N2O2/c1-3-5-7-9-11-13-15-17-19-21-23-25-27-29-31-33-35-37-39-41-43-44-42-40-38-36-34-32-30-28-26-24-22-20-18-16-14-12-10-8-6-4-2;1-10(2,3)11-6-7-12-8(13)4-5-9(12)14/h1-2H3;4-5,11H,6-7H2,1-3H3. The number of carbonyl (C=O) groups excluding carboxylic acids is 2.